The first-order chi connectivity index (χ1) is 10.9. The highest BCUT2D eigenvalue weighted by atomic mass is 19.4. The minimum absolute atomic E-state index is 0.0405. The van der Waals surface area contributed by atoms with E-state index in [1.807, 2.05) is 0 Å². The smallest absolute Gasteiger partial charge is 0.387 e. The summed E-state index contributed by atoms with van der Waals surface area (Å²) in [5.74, 6) is -0.580. The molecule has 0 radical (unpaired) electrons. The Bertz CT molecular complexity index is 510. The molecule has 1 fully saturated rings. The first kappa shape index (κ1) is 17.7. The van der Waals surface area contributed by atoms with Crippen molar-refractivity contribution >= 4 is 5.91 Å². The van der Waals surface area contributed by atoms with E-state index in [1.165, 1.54) is 0 Å². The van der Waals surface area contributed by atoms with Gasteiger partial charge in [0.1, 0.15) is 6.04 Å². The number of amides is 1. The molecule has 8 heteroatoms. The number of alkyl halides is 3. The van der Waals surface area contributed by atoms with Crippen molar-refractivity contribution in [3.8, 4) is 0 Å². The molecule has 2 N–H and O–H groups in total. The van der Waals surface area contributed by atoms with Crippen molar-refractivity contribution in [2.45, 2.75) is 18.3 Å². The number of nitrogens with one attached hydrogen (secondary N) is 1. The van der Waals surface area contributed by atoms with E-state index in [-0.39, 0.29) is 26.3 Å². The van der Waals surface area contributed by atoms with Crippen LogP contribution < -0.4 is 5.32 Å². The first-order valence-electron chi connectivity index (χ1n) is 7.26. The summed E-state index contributed by atoms with van der Waals surface area (Å²) in [6.45, 7) is -1.12. The fourth-order valence-corrected chi connectivity index (χ4v) is 2.41. The zero-order valence-corrected chi connectivity index (χ0v) is 12.4. The lowest BCUT2D eigenvalue weighted by molar-refractivity contribution is -0.166. The zero-order valence-electron chi connectivity index (χ0n) is 12.4. The summed E-state index contributed by atoms with van der Waals surface area (Å²) in [5.41, 5.74) is 0.625. The van der Waals surface area contributed by atoms with Gasteiger partial charge < -0.3 is 15.2 Å². The summed E-state index contributed by atoms with van der Waals surface area (Å²) in [7, 11) is 0. The molecule has 0 aromatic heterocycles. The van der Waals surface area contributed by atoms with Gasteiger partial charge in [-0.15, -0.1) is 0 Å². The molecule has 1 amide bonds. The Morgan fingerprint density at radius 1 is 1.39 bits per heavy atom. The van der Waals surface area contributed by atoms with Crippen LogP contribution >= 0.6 is 0 Å². The second-order valence-corrected chi connectivity index (χ2v) is 5.35. The van der Waals surface area contributed by atoms with E-state index in [9.17, 15) is 23.1 Å². The maximum atomic E-state index is 12.6. The SMILES string of the molecule is O=C(NC[C@@H](O)c1ccccc1)[C@H]1COCCN1CC(F)(F)F. The number of rotatable bonds is 5. The maximum absolute atomic E-state index is 12.6. The van der Waals surface area contributed by atoms with Crippen molar-refractivity contribution in [2.24, 2.45) is 0 Å². The van der Waals surface area contributed by atoms with Gasteiger partial charge in [0, 0.05) is 13.1 Å². The van der Waals surface area contributed by atoms with E-state index in [4.69, 9.17) is 4.74 Å². The third-order valence-electron chi connectivity index (χ3n) is 3.58. The third kappa shape index (κ3) is 5.49. The molecule has 1 aliphatic rings. The molecule has 1 aliphatic heterocycles. The van der Waals surface area contributed by atoms with E-state index in [0.717, 1.165) is 4.90 Å². The van der Waals surface area contributed by atoms with Gasteiger partial charge >= 0.3 is 6.18 Å². The number of aliphatic hydroxyl groups excluding tert-OH is 1. The topological polar surface area (TPSA) is 61.8 Å². The monoisotopic (exact) mass is 332 g/mol. The summed E-state index contributed by atoms with van der Waals surface area (Å²) in [6.07, 6.45) is -5.29. The van der Waals surface area contributed by atoms with Crippen LogP contribution in [0.4, 0.5) is 13.2 Å². The van der Waals surface area contributed by atoms with E-state index >= 15 is 0 Å². The van der Waals surface area contributed by atoms with Gasteiger partial charge in [0.15, 0.2) is 0 Å². The van der Waals surface area contributed by atoms with Gasteiger partial charge in [0.25, 0.3) is 0 Å². The van der Waals surface area contributed by atoms with E-state index in [2.05, 4.69) is 5.32 Å². The van der Waals surface area contributed by atoms with Crippen LogP contribution in [0.3, 0.4) is 0 Å². The fourth-order valence-electron chi connectivity index (χ4n) is 2.41. The lowest BCUT2D eigenvalue weighted by Gasteiger charge is -2.34. The van der Waals surface area contributed by atoms with Gasteiger partial charge in [-0.3, -0.25) is 9.69 Å². The van der Waals surface area contributed by atoms with Crippen molar-refractivity contribution in [1.82, 2.24) is 10.2 Å². The molecular weight excluding hydrogens is 313 g/mol. The molecule has 23 heavy (non-hydrogen) atoms. The number of morpholine rings is 1. The van der Waals surface area contributed by atoms with Gasteiger partial charge in [0.05, 0.1) is 25.9 Å². The molecule has 0 spiro atoms. The molecule has 0 saturated carbocycles. The van der Waals surface area contributed by atoms with Crippen LogP contribution in [-0.4, -0.2) is 61.0 Å². The number of ether oxygens (including phenoxy) is 1. The minimum atomic E-state index is -4.38. The number of carbonyl (C=O) groups excluding carboxylic acids is 1. The Balaban J connectivity index is 1.90. The highest BCUT2D eigenvalue weighted by Crippen LogP contribution is 2.20. The van der Waals surface area contributed by atoms with Gasteiger partial charge in [-0.05, 0) is 5.56 Å². The number of halogens is 3. The molecule has 1 saturated heterocycles. The first-order valence-corrected chi connectivity index (χ1v) is 7.26. The second-order valence-electron chi connectivity index (χ2n) is 5.35. The second kappa shape index (κ2) is 7.76. The summed E-state index contributed by atoms with van der Waals surface area (Å²) in [6, 6.07) is 7.70. The van der Waals surface area contributed by atoms with Crippen molar-refractivity contribution in [3.05, 3.63) is 35.9 Å². The quantitative estimate of drug-likeness (QED) is 0.848. The van der Waals surface area contributed by atoms with Crippen LogP contribution in [-0.2, 0) is 9.53 Å². The predicted molar refractivity (Wildman–Crippen MR) is 76.6 cm³/mol. The summed E-state index contributed by atoms with van der Waals surface area (Å²) < 4.78 is 42.8. The number of nitrogens with zero attached hydrogens (tertiary/aromatic N) is 1. The molecule has 2 rings (SSSR count). The Labute approximate surface area is 132 Å². The zero-order chi connectivity index (χ0) is 16.9. The van der Waals surface area contributed by atoms with Crippen molar-refractivity contribution in [1.29, 1.82) is 0 Å². The molecule has 1 aromatic rings. The van der Waals surface area contributed by atoms with Crippen LogP contribution in [0.2, 0.25) is 0 Å². The van der Waals surface area contributed by atoms with Crippen LogP contribution in [0, 0.1) is 0 Å². The number of hydrogen-bond acceptors (Lipinski definition) is 4. The highest BCUT2D eigenvalue weighted by Gasteiger charge is 2.38. The largest absolute Gasteiger partial charge is 0.401 e. The molecule has 128 valence electrons. The van der Waals surface area contributed by atoms with Crippen molar-refractivity contribution in [2.75, 3.05) is 32.8 Å². The average Bonchev–Trinajstić information content (AvgIpc) is 2.52. The maximum Gasteiger partial charge on any atom is 0.401 e. The Kier molecular flexibility index (Phi) is 5.97. The lowest BCUT2D eigenvalue weighted by Crippen LogP contribution is -2.56. The van der Waals surface area contributed by atoms with Gasteiger partial charge in [-0.1, -0.05) is 30.3 Å². The molecule has 5 nitrogen and oxygen atoms in total. The molecule has 2 atom stereocenters. The third-order valence-corrected chi connectivity index (χ3v) is 3.58. The molecular formula is C15H19F3N2O3. The molecule has 1 aromatic carbocycles. The minimum Gasteiger partial charge on any atom is -0.387 e. The van der Waals surface area contributed by atoms with Crippen molar-refractivity contribution < 1.29 is 27.8 Å². The van der Waals surface area contributed by atoms with Crippen LogP contribution in [0.25, 0.3) is 0 Å². The Morgan fingerprint density at radius 3 is 2.74 bits per heavy atom. The van der Waals surface area contributed by atoms with Gasteiger partial charge in [-0.25, -0.2) is 0 Å². The summed E-state index contributed by atoms with van der Waals surface area (Å²) in [5, 5.41) is 12.5. The molecule has 0 aliphatic carbocycles. The number of benzene rings is 1. The summed E-state index contributed by atoms with van der Waals surface area (Å²) in [4.78, 5) is 13.2. The van der Waals surface area contributed by atoms with Crippen LogP contribution in [0.1, 0.15) is 11.7 Å². The number of aliphatic hydroxyl groups is 1. The molecule has 1 heterocycles. The summed E-state index contributed by atoms with van der Waals surface area (Å²) >= 11 is 0. The fraction of sp³-hybridized carbons (Fsp3) is 0.533. The predicted octanol–water partition coefficient (Wildman–Crippen LogP) is 1.10. The van der Waals surface area contributed by atoms with Gasteiger partial charge in [0.2, 0.25) is 5.91 Å². The van der Waals surface area contributed by atoms with Gasteiger partial charge in [-0.2, -0.15) is 13.2 Å². The number of carbonyl (C=O) groups is 1. The molecule has 0 bridgehead atoms. The Hall–Kier alpha value is -1.64. The molecule has 0 unspecified atom stereocenters. The van der Waals surface area contributed by atoms with Crippen LogP contribution in [0.15, 0.2) is 30.3 Å². The van der Waals surface area contributed by atoms with E-state index in [1.54, 1.807) is 30.3 Å². The lowest BCUT2D eigenvalue weighted by atomic mass is 10.1. The number of hydrogen-bond donors (Lipinski definition) is 2. The average molecular weight is 332 g/mol. The van der Waals surface area contributed by atoms with Crippen molar-refractivity contribution in [3.63, 3.8) is 0 Å². The van der Waals surface area contributed by atoms with E-state index in [0.29, 0.717) is 5.56 Å². The normalized spacial score (nSPS) is 21.0. The highest BCUT2D eigenvalue weighted by molar-refractivity contribution is 5.82. The van der Waals surface area contributed by atoms with Crippen LogP contribution in [0.5, 0.6) is 0 Å². The Morgan fingerprint density at radius 2 is 2.09 bits per heavy atom. The van der Waals surface area contributed by atoms with E-state index < -0.39 is 30.8 Å². The standard InChI is InChI=1S/C15H19F3N2O3/c16-15(17,18)10-20-6-7-23-9-12(20)14(22)19-8-13(21)11-4-2-1-3-5-11/h1-5,12-13,21H,6-10H2,(H,19,22)/t12-,13-/m1/s1.